The molecule has 2 aliphatic rings. The largest absolute Gasteiger partial charge is 0.235 e. The molecule has 2 saturated carbocycles. The lowest BCUT2D eigenvalue weighted by Gasteiger charge is -2.44. The van der Waals surface area contributed by atoms with Crippen LogP contribution in [0.25, 0.3) is 0 Å². The van der Waals surface area contributed by atoms with E-state index >= 15 is 0 Å². The molecule has 0 spiro atoms. The van der Waals surface area contributed by atoms with E-state index in [1.165, 1.54) is 19.3 Å². The first kappa shape index (κ1) is 14.2. The Kier molecular flexibility index (Phi) is 4.68. The van der Waals surface area contributed by atoms with Crippen LogP contribution >= 0.6 is 0 Å². The number of hydrogen-bond donors (Lipinski definition) is 0. The minimum absolute atomic E-state index is 0.0368. The maximum Gasteiger partial charge on any atom is 0.235 e. The second-order valence-electron chi connectivity index (χ2n) is 6.15. The van der Waals surface area contributed by atoms with Gasteiger partial charge < -0.3 is 0 Å². The molecule has 0 aromatic heterocycles. The summed E-state index contributed by atoms with van der Waals surface area (Å²) in [5, 5.41) is 0. The van der Waals surface area contributed by atoms with Crippen LogP contribution in [0.5, 0.6) is 0 Å². The van der Waals surface area contributed by atoms with E-state index in [2.05, 4.69) is 16.9 Å². The molecule has 3 unspecified atom stereocenters. The van der Waals surface area contributed by atoms with Crippen molar-refractivity contribution in [2.24, 2.45) is 21.8 Å². The summed E-state index contributed by atoms with van der Waals surface area (Å²) < 4.78 is 0. The van der Waals surface area contributed by atoms with Crippen LogP contribution in [0.4, 0.5) is 0 Å². The molecule has 104 valence electrons. The molecule has 0 aromatic carbocycles. The van der Waals surface area contributed by atoms with Crippen molar-refractivity contribution in [2.75, 3.05) is 0 Å². The average molecular weight is 262 g/mol. The minimum atomic E-state index is -0.320. The highest BCUT2D eigenvalue weighted by Crippen LogP contribution is 2.46. The molecular weight excluding hydrogens is 240 g/mol. The first-order valence-electron chi connectivity index (χ1n) is 7.38. The summed E-state index contributed by atoms with van der Waals surface area (Å²) in [4.78, 5) is 29.6. The first-order valence-corrected chi connectivity index (χ1v) is 7.38. The molecule has 0 amide bonds. The third kappa shape index (κ3) is 3.02. The maximum absolute atomic E-state index is 10.9. The van der Waals surface area contributed by atoms with Gasteiger partial charge in [0.1, 0.15) is 0 Å². The Bertz CT molecular complexity index is 404. The van der Waals surface area contributed by atoms with E-state index in [0.29, 0.717) is 18.3 Å². The monoisotopic (exact) mass is 262 g/mol. The van der Waals surface area contributed by atoms with E-state index < -0.39 is 0 Å². The van der Waals surface area contributed by atoms with Crippen LogP contribution in [0.3, 0.4) is 0 Å². The molecule has 4 nitrogen and oxygen atoms in total. The zero-order valence-corrected chi connectivity index (χ0v) is 11.6. The SMILES string of the molecule is CC1CCC(N=C=O)(C2CCCCC2)CC1N=C=O. The zero-order valence-electron chi connectivity index (χ0n) is 11.6. The van der Waals surface area contributed by atoms with Crippen molar-refractivity contribution >= 4 is 12.2 Å². The molecular formula is C15H22N2O2. The van der Waals surface area contributed by atoms with Crippen molar-refractivity contribution in [1.82, 2.24) is 0 Å². The van der Waals surface area contributed by atoms with Gasteiger partial charge in [0.25, 0.3) is 0 Å². The standard InChI is InChI=1S/C15H22N2O2/c1-12-7-8-15(17-11-19,9-14(12)16-10-18)13-5-3-2-4-6-13/h12-14H,2-9H2,1H3. The molecule has 0 saturated heterocycles. The number of carbonyl (C=O) groups excluding carboxylic acids is 2. The Labute approximate surface area is 114 Å². The molecule has 0 radical (unpaired) electrons. The topological polar surface area (TPSA) is 58.9 Å². The Morgan fingerprint density at radius 3 is 2.42 bits per heavy atom. The van der Waals surface area contributed by atoms with Crippen LogP contribution in [-0.4, -0.2) is 23.7 Å². The summed E-state index contributed by atoms with van der Waals surface area (Å²) in [5.74, 6) is 0.833. The zero-order chi connectivity index (χ0) is 13.7. The van der Waals surface area contributed by atoms with Crippen LogP contribution in [0, 0.1) is 11.8 Å². The third-order valence-corrected chi connectivity index (χ3v) is 5.10. The highest BCUT2D eigenvalue weighted by Gasteiger charge is 2.45. The minimum Gasteiger partial charge on any atom is -0.211 e. The number of nitrogens with zero attached hydrogens (tertiary/aromatic N) is 2. The summed E-state index contributed by atoms with van der Waals surface area (Å²) >= 11 is 0. The van der Waals surface area contributed by atoms with Gasteiger partial charge in [0.2, 0.25) is 12.2 Å². The normalized spacial score (nSPS) is 36.1. The average Bonchev–Trinajstić information content (AvgIpc) is 2.44. The molecule has 0 heterocycles. The molecule has 0 bridgehead atoms. The van der Waals surface area contributed by atoms with Gasteiger partial charge in [-0.05, 0) is 43.9 Å². The molecule has 4 heteroatoms. The second kappa shape index (κ2) is 6.27. The summed E-state index contributed by atoms with van der Waals surface area (Å²) in [7, 11) is 0. The van der Waals surface area contributed by atoms with Gasteiger partial charge in [0.05, 0.1) is 11.6 Å². The van der Waals surface area contributed by atoms with Crippen LogP contribution in [0.2, 0.25) is 0 Å². The van der Waals surface area contributed by atoms with E-state index in [4.69, 9.17) is 0 Å². The van der Waals surface area contributed by atoms with Gasteiger partial charge in [-0.25, -0.2) is 14.6 Å². The van der Waals surface area contributed by atoms with Gasteiger partial charge in [-0.1, -0.05) is 26.2 Å². The summed E-state index contributed by atoms with van der Waals surface area (Å²) in [6.45, 7) is 2.11. The predicted molar refractivity (Wildman–Crippen MR) is 72.4 cm³/mol. The van der Waals surface area contributed by atoms with E-state index in [-0.39, 0.29) is 11.6 Å². The lowest BCUT2D eigenvalue weighted by atomic mass is 9.64. The number of rotatable bonds is 3. The summed E-state index contributed by atoms with van der Waals surface area (Å²) in [6.07, 6.45) is 12.1. The smallest absolute Gasteiger partial charge is 0.211 e. The number of isocyanates is 2. The fraction of sp³-hybridized carbons (Fsp3) is 0.867. The van der Waals surface area contributed by atoms with E-state index in [9.17, 15) is 9.59 Å². The van der Waals surface area contributed by atoms with Gasteiger partial charge in [-0.2, -0.15) is 4.99 Å². The first-order chi connectivity index (χ1) is 9.22. The van der Waals surface area contributed by atoms with Crippen LogP contribution < -0.4 is 0 Å². The van der Waals surface area contributed by atoms with Crippen LogP contribution in [0.15, 0.2) is 9.98 Å². The fourth-order valence-electron chi connectivity index (χ4n) is 3.87. The van der Waals surface area contributed by atoms with Crippen molar-refractivity contribution in [3.05, 3.63) is 0 Å². The molecule has 0 N–H and O–H groups in total. The van der Waals surface area contributed by atoms with E-state index in [0.717, 1.165) is 25.7 Å². The Morgan fingerprint density at radius 1 is 1.05 bits per heavy atom. The Hall–Kier alpha value is -1.24. The van der Waals surface area contributed by atoms with Crippen molar-refractivity contribution in [3.63, 3.8) is 0 Å². The third-order valence-electron chi connectivity index (χ3n) is 5.10. The second-order valence-corrected chi connectivity index (χ2v) is 6.15. The molecule has 0 aromatic rings. The van der Waals surface area contributed by atoms with Gasteiger partial charge in [-0.15, -0.1) is 0 Å². The molecule has 2 rings (SSSR count). The van der Waals surface area contributed by atoms with Crippen LogP contribution in [-0.2, 0) is 9.59 Å². The highest BCUT2D eigenvalue weighted by molar-refractivity contribution is 5.36. The molecule has 2 aliphatic carbocycles. The van der Waals surface area contributed by atoms with Crippen molar-refractivity contribution < 1.29 is 9.59 Å². The fourth-order valence-corrected chi connectivity index (χ4v) is 3.87. The predicted octanol–water partition coefficient (Wildman–Crippen LogP) is 3.17. The summed E-state index contributed by atoms with van der Waals surface area (Å²) in [6, 6.07) is -0.0368. The molecule has 19 heavy (non-hydrogen) atoms. The summed E-state index contributed by atoms with van der Waals surface area (Å²) in [5.41, 5.74) is -0.320. The van der Waals surface area contributed by atoms with Crippen molar-refractivity contribution in [3.8, 4) is 0 Å². The molecule has 3 atom stereocenters. The number of hydrogen-bond acceptors (Lipinski definition) is 4. The van der Waals surface area contributed by atoms with Crippen molar-refractivity contribution in [1.29, 1.82) is 0 Å². The Morgan fingerprint density at radius 2 is 1.79 bits per heavy atom. The Balaban J connectivity index is 2.23. The van der Waals surface area contributed by atoms with E-state index in [1.807, 2.05) is 0 Å². The van der Waals surface area contributed by atoms with Gasteiger partial charge in [0, 0.05) is 0 Å². The molecule has 2 fully saturated rings. The van der Waals surface area contributed by atoms with Gasteiger partial charge in [-0.3, -0.25) is 0 Å². The van der Waals surface area contributed by atoms with Crippen molar-refractivity contribution in [2.45, 2.75) is 69.9 Å². The quantitative estimate of drug-likeness (QED) is 0.579. The maximum atomic E-state index is 10.9. The van der Waals surface area contributed by atoms with Gasteiger partial charge in [0.15, 0.2) is 0 Å². The van der Waals surface area contributed by atoms with Gasteiger partial charge >= 0.3 is 0 Å². The highest BCUT2D eigenvalue weighted by atomic mass is 16.1. The lowest BCUT2D eigenvalue weighted by Crippen LogP contribution is -2.45. The number of aliphatic imine (C=N–C) groups is 2. The molecule has 0 aliphatic heterocycles. The lowest BCUT2D eigenvalue weighted by molar-refractivity contribution is 0.122. The van der Waals surface area contributed by atoms with Crippen LogP contribution in [0.1, 0.15) is 58.3 Å². The van der Waals surface area contributed by atoms with E-state index in [1.54, 1.807) is 12.2 Å².